The van der Waals surface area contributed by atoms with E-state index in [1.54, 1.807) is 20.3 Å². The molecule has 0 bridgehead atoms. The molecule has 3 N–H and O–H groups in total. The molecule has 0 aliphatic carbocycles. The van der Waals surface area contributed by atoms with Gasteiger partial charge in [0.2, 0.25) is 0 Å². The van der Waals surface area contributed by atoms with E-state index in [1.807, 2.05) is 30.5 Å². The average molecular weight is 386 g/mol. The molecule has 0 aliphatic rings. The van der Waals surface area contributed by atoms with Gasteiger partial charge >= 0.3 is 0 Å². The first kappa shape index (κ1) is 21.2. The maximum Gasteiger partial charge on any atom is 0.252 e. The molecule has 0 spiro atoms. The Kier molecular flexibility index (Phi) is 7.22. The number of H-pyrrole nitrogens is 1. The van der Waals surface area contributed by atoms with Gasteiger partial charge in [-0.25, -0.2) is 0 Å². The van der Waals surface area contributed by atoms with Crippen molar-refractivity contribution in [2.24, 2.45) is 5.73 Å². The Balaban J connectivity index is 0.00000312. The Hall–Kier alpha value is -1.83. The van der Waals surface area contributed by atoms with Gasteiger partial charge in [0.25, 0.3) is 5.56 Å². The summed E-state index contributed by atoms with van der Waals surface area (Å²) < 4.78 is 12.9. The Bertz CT molecular complexity index is 840. The van der Waals surface area contributed by atoms with E-state index < -0.39 is 0 Å². The van der Waals surface area contributed by atoms with Crippen LogP contribution in [0.15, 0.2) is 29.1 Å². The van der Waals surface area contributed by atoms with Gasteiger partial charge in [-0.05, 0) is 44.6 Å². The molecule has 1 aromatic carbocycles. The molecule has 1 heterocycles. The number of nitrogens with one attached hydrogen (secondary N) is 1. The lowest BCUT2D eigenvalue weighted by Crippen LogP contribution is -2.33. The maximum atomic E-state index is 11.9. The number of aromatic nitrogens is 2. The van der Waals surface area contributed by atoms with Gasteiger partial charge in [-0.2, -0.15) is 0 Å². The van der Waals surface area contributed by atoms with E-state index in [9.17, 15) is 4.79 Å². The van der Waals surface area contributed by atoms with E-state index in [-0.39, 0.29) is 23.5 Å². The first-order chi connectivity index (χ1) is 11.2. The fraction of sp³-hybridized carbons (Fsp3) is 0.412. The largest absolute Gasteiger partial charge is 0.497 e. The lowest BCUT2D eigenvalue weighted by Gasteiger charge is -2.21. The van der Waals surface area contributed by atoms with Crippen LogP contribution in [0.5, 0.6) is 11.5 Å². The van der Waals surface area contributed by atoms with Crippen LogP contribution in [0.25, 0.3) is 11.3 Å². The van der Waals surface area contributed by atoms with Crippen LogP contribution in [-0.4, -0.2) is 29.3 Å². The topological polar surface area (TPSA) is 82.3 Å². The Morgan fingerprint density at radius 1 is 1.24 bits per heavy atom. The molecule has 138 valence electrons. The highest BCUT2D eigenvalue weighted by Crippen LogP contribution is 2.33. The van der Waals surface area contributed by atoms with Gasteiger partial charge < -0.3 is 19.8 Å². The highest BCUT2D eigenvalue weighted by atomic mass is 35.5. The van der Waals surface area contributed by atoms with Crippen molar-refractivity contribution >= 4 is 24.6 Å². The summed E-state index contributed by atoms with van der Waals surface area (Å²) in [6.45, 7) is 4.50. The van der Waals surface area contributed by atoms with Gasteiger partial charge in [0, 0.05) is 29.8 Å². The summed E-state index contributed by atoms with van der Waals surface area (Å²) in [4.78, 5) is 14.6. The third-order valence-corrected chi connectivity index (χ3v) is 4.02. The normalized spacial score (nSPS) is 10.9. The molecule has 25 heavy (non-hydrogen) atoms. The first-order valence-corrected chi connectivity index (χ1v) is 8.01. The smallest absolute Gasteiger partial charge is 0.252 e. The lowest BCUT2D eigenvalue weighted by atomic mass is 10.0. The van der Waals surface area contributed by atoms with Gasteiger partial charge in [-0.3, -0.25) is 9.78 Å². The third-order valence-electron chi connectivity index (χ3n) is 3.70. The summed E-state index contributed by atoms with van der Waals surface area (Å²) in [7, 11) is 3.17. The van der Waals surface area contributed by atoms with Crippen molar-refractivity contribution in [3.63, 3.8) is 0 Å². The van der Waals surface area contributed by atoms with Gasteiger partial charge in [-0.1, -0.05) is 0 Å². The van der Waals surface area contributed by atoms with E-state index in [2.05, 4.69) is 4.98 Å². The van der Waals surface area contributed by atoms with Crippen molar-refractivity contribution in [2.45, 2.75) is 32.4 Å². The molecule has 0 saturated heterocycles. The Morgan fingerprint density at radius 2 is 1.92 bits per heavy atom. The Labute approximate surface area is 158 Å². The molecule has 1 aromatic heterocycles. The standard InChI is InChI=1S/C17H23N3O3S.ClH/c1-17(2,18)7-8-20-13(10-15(21)19-16(20)24)12-6-5-11(22-3)9-14(12)23-4;/h5-6,9-10H,7-8,18H2,1-4H3,(H,19,21,24);1H. The van der Waals surface area contributed by atoms with Crippen molar-refractivity contribution in [1.29, 1.82) is 0 Å². The van der Waals surface area contributed by atoms with E-state index in [1.165, 1.54) is 6.07 Å². The summed E-state index contributed by atoms with van der Waals surface area (Å²) in [6, 6.07) is 6.96. The number of nitrogens with two attached hydrogens (primary N) is 1. The number of methoxy groups -OCH3 is 2. The molecular weight excluding hydrogens is 362 g/mol. The minimum absolute atomic E-state index is 0. The van der Waals surface area contributed by atoms with Crippen LogP contribution in [0.3, 0.4) is 0 Å². The van der Waals surface area contributed by atoms with Crippen LogP contribution in [0, 0.1) is 4.77 Å². The molecule has 0 amide bonds. The zero-order valence-electron chi connectivity index (χ0n) is 14.8. The van der Waals surface area contributed by atoms with Crippen LogP contribution in [0.1, 0.15) is 20.3 Å². The number of aromatic amines is 1. The van der Waals surface area contributed by atoms with Crippen LogP contribution in [0.4, 0.5) is 0 Å². The van der Waals surface area contributed by atoms with Crippen LogP contribution in [0.2, 0.25) is 0 Å². The number of nitrogens with zero attached hydrogens (tertiary/aromatic N) is 1. The summed E-state index contributed by atoms with van der Waals surface area (Å²) in [6.07, 6.45) is 0.707. The van der Waals surface area contributed by atoms with Gasteiger partial charge in [0.05, 0.1) is 19.9 Å². The second-order valence-corrected chi connectivity index (χ2v) is 6.67. The highest BCUT2D eigenvalue weighted by Gasteiger charge is 2.16. The molecule has 0 radical (unpaired) electrons. The molecule has 2 aromatic rings. The molecule has 6 nitrogen and oxygen atoms in total. The average Bonchev–Trinajstić information content (AvgIpc) is 2.51. The molecule has 0 atom stereocenters. The SMILES string of the molecule is COc1ccc(-c2cc(=O)[nH]c(=S)n2CCC(C)(C)N)c(OC)c1.Cl. The van der Waals surface area contributed by atoms with Gasteiger partial charge in [-0.15, -0.1) is 12.4 Å². The third kappa shape index (κ3) is 5.32. The number of rotatable bonds is 6. The molecule has 8 heteroatoms. The molecule has 0 aliphatic heterocycles. The predicted molar refractivity (Wildman–Crippen MR) is 105 cm³/mol. The van der Waals surface area contributed by atoms with Crippen molar-refractivity contribution in [3.8, 4) is 22.8 Å². The summed E-state index contributed by atoms with van der Waals surface area (Å²) in [5.74, 6) is 1.28. The van der Waals surface area contributed by atoms with E-state index in [4.69, 9.17) is 27.4 Å². The minimum atomic E-state index is -0.341. The van der Waals surface area contributed by atoms with Crippen molar-refractivity contribution in [3.05, 3.63) is 39.4 Å². The van der Waals surface area contributed by atoms with E-state index in [0.717, 1.165) is 5.56 Å². The van der Waals surface area contributed by atoms with Gasteiger partial charge in [0.15, 0.2) is 4.77 Å². The second-order valence-electron chi connectivity index (χ2n) is 6.28. The quantitative estimate of drug-likeness (QED) is 0.746. The summed E-state index contributed by atoms with van der Waals surface area (Å²) in [5, 5.41) is 0. The first-order valence-electron chi connectivity index (χ1n) is 7.60. The highest BCUT2D eigenvalue weighted by molar-refractivity contribution is 7.71. The Morgan fingerprint density at radius 3 is 2.48 bits per heavy atom. The molecule has 0 saturated carbocycles. The molecule has 0 fully saturated rings. The molecule has 2 rings (SSSR count). The van der Waals surface area contributed by atoms with Crippen LogP contribution < -0.4 is 20.8 Å². The number of hydrogen-bond acceptors (Lipinski definition) is 5. The fourth-order valence-corrected chi connectivity index (χ4v) is 2.67. The summed E-state index contributed by atoms with van der Waals surface area (Å²) in [5.41, 5.74) is 6.95. The van der Waals surface area contributed by atoms with Crippen LogP contribution in [-0.2, 0) is 6.54 Å². The van der Waals surface area contributed by atoms with Gasteiger partial charge in [0.1, 0.15) is 11.5 Å². The minimum Gasteiger partial charge on any atom is -0.497 e. The molecular formula is C17H24ClN3O3S. The van der Waals surface area contributed by atoms with E-state index >= 15 is 0 Å². The number of halogens is 1. The maximum absolute atomic E-state index is 11.9. The number of ether oxygens (including phenoxy) is 2. The number of hydrogen-bond donors (Lipinski definition) is 2. The monoisotopic (exact) mass is 385 g/mol. The fourth-order valence-electron chi connectivity index (χ4n) is 2.38. The molecule has 0 unspecified atom stereocenters. The zero-order valence-corrected chi connectivity index (χ0v) is 16.4. The predicted octanol–water partition coefficient (Wildman–Crippen LogP) is 3.14. The summed E-state index contributed by atoms with van der Waals surface area (Å²) >= 11 is 5.34. The zero-order chi connectivity index (χ0) is 17.9. The van der Waals surface area contributed by atoms with Crippen molar-refractivity contribution in [1.82, 2.24) is 9.55 Å². The van der Waals surface area contributed by atoms with Crippen LogP contribution >= 0.6 is 24.6 Å². The lowest BCUT2D eigenvalue weighted by molar-refractivity contribution is 0.394. The van der Waals surface area contributed by atoms with Crippen molar-refractivity contribution < 1.29 is 9.47 Å². The van der Waals surface area contributed by atoms with E-state index in [0.29, 0.717) is 34.9 Å². The second kappa shape index (κ2) is 8.51. The number of benzene rings is 1. The van der Waals surface area contributed by atoms with Crippen molar-refractivity contribution in [2.75, 3.05) is 14.2 Å².